The molecular formula is C52H106O7. The molecule has 0 aromatic heterocycles. The summed E-state index contributed by atoms with van der Waals surface area (Å²) in [5.74, 6) is 0.322. The minimum absolute atomic E-state index is 0.0448. The Labute approximate surface area is 369 Å². The third kappa shape index (κ3) is 47.0. The molecule has 0 saturated heterocycles. The standard InChI is InChI=1S/C52H106O7/c1-5-9-13-17-21-25-29-33-37-54-44-51(45-55-38-34-30-26-22-18-14-10-6-2)48-58-42-50(41-53)43-59-49-52(46-56-39-35-31-27-23-19-15-11-7-3)47-57-40-36-32-28-24-20-16-12-8-4/h50-53H,5-49H2,1-4H3. The van der Waals surface area contributed by atoms with Crippen LogP contribution in [0.25, 0.3) is 0 Å². The lowest BCUT2D eigenvalue weighted by molar-refractivity contribution is -0.0440. The number of unbranched alkanes of at least 4 members (excludes halogenated alkanes) is 28. The molecule has 0 saturated carbocycles. The lowest BCUT2D eigenvalue weighted by Gasteiger charge is -2.22. The van der Waals surface area contributed by atoms with Gasteiger partial charge >= 0.3 is 0 Å². The smallest absolute Gasteiger partial charge is 0.0538 e. The van der Waals surface area contributed by atoms with Gasteiger partial charge in [0.25, 0.3) is 0 Å². The fraction of sp³-hybridized carbons (Fsp3) is 1.00. The monoisotopic (exact) mass is 843 g/mol. The predicted molar refractivity (Wildman–Crippen MR) is 253 cm³/mol. The van der Waals surface area contributed by atoms with E-state index < -0.39 is 0 Å². The molecule has 356 valence electrons. The summed E-state index contributed by atoms with van der Waals surface area (Å²) in [6.07, 6.45) is 41.8. The number of hydrogen-bond donors (Lipinski definition) is 1. The first-order chi connectivity index (χ1) is 29.2. The maximum Gasteiger partial charge on any atom is 0.0538 e. The fourth-order valence-corrected chi connectivity index (χ4v) is 7.60. The van der Waals surface area contributed by atoms with Gasteiger partial charge in [0.2, 0.25) is 0 Å². The van der Waals surface area contributed by atoms with Gasteiger partial charge in [0.15, 0.2) is 0 Å². The average molecular weight is 843 g/mol. The Morgan fingerprint density at radius 3 is 0.644 bits per heavy atom. The zero-order valence-corrected chi connectivity index (χ0v) is 40.4. The van der Waals surface area contributed by atoms with Crippen LogP contribution in [0, 0.1) is 17.8 Å². The van der Waals surface area contributed by atoms with Gasteiger partial charge in [-0.1, -0.05) is 207 Å². The van der Waals surface area contributed by atoms with Crippen LogP contribution in [0.1, 0.15) is 233 Å². The number of aliphatic hydroxyl groups excluding tert-OH is 1. The molecular weight excluding hydrogens is 737 g/mol. The summed E-state index contributed by atoms with van der Waals surface area (Å²) in [5, 5.41) is 10.2. The van der Waals surface area contributed by atoms with Crippen molar-refractivity contribution in [2.75, 3.05) is 85.9 Å². The third-order valence-electron chi connectivity index (χ3n) is 11.7. The summed E-state index contributed by atoms with van der Waals surface area (Å²) in [5.41, 5.74) is 0. The van der Waals surface area contributed by atoms with E-state index in [-0.39, 0.29) is 24.4 Å². The number of aliphatic hydroxyl groups is 1. The van der Waals surface area contributed by atoms with Crippen molar-refractivity contribution in [1.29, 1.82) is 0 Å². The molecule has 0 atom stereocenters. The van der Waals surface area contributed by atoms with Gasteiger partial charge in [0.05, 0.1) is 59.5 Å². The molecule has 0 spiro atoms. The van der Waals surface area contributed by atoms with Crippen molar-refractivity contribution in [2.45, 2.75) is 233 Å². The van der Waals surface area contributed by atoms with Gasteiger partial charge in [-0.05, 0) is 25.7 Å². The molecule has 0 radical (unpaired) electrons. The highest BCUT2D eigenvalue weighted by Gasteiger charge is 2.16. The van der Waals surface area contributed by atoms with Gasteiger partial charge in [-0.15, -0.1) is 0 Å². The molecule has 0 amide bonds. The number of ether oxygens (including phenoxy) is 6. The summed E-state index contributed by atoms with van der Waals surface area (Å²) in [7, 11) is 0. The second-order valence-corrected chi connectivity index (χ2v) is 18.1. The van der Waals surface area contributed by atoms with Gasteiger partial charge in [-0.3, -0.25) is 0 Å². The van der Waals surface area contributed by atoms with E-state index in [1.165, 1.54) is 180 Å². The van der Waals surface area contributed by atoms with E-state index in [9.17, 15) is 5.11 Å². The van der Waals surface area contributed by atoms with Crippen LogP contribution in [0.4, 0.5) is 0 Å². The van der Waals surface area contributed by atoms with Crippen LogP contribution >= 0.6 is 0 Å². The zero-order valence-electron chi connectivity index (χ0n) is 40.4. The van der Waals surface area contributed by atoms with Crippen molar-refractivity contribution >= 4 is 0 Å². The minimum Gasteiger partial charge on any atom is -0.396 e. The Hall–Kier alpha value is -0.280. The number of rotatable bonds is 53. The lowest BCUT2D eigenvalue weighted by Crippen LogP contribution is -2.28. The average Bonchev–Trinajstić information content (AvgIpc) is 3.25. The Kier molecular flexibility index (Phi) is 51.8. The van der Waals surface area contributed by atoms with Crippen LogP contribution in [0.5, 0.6) is 0 Å². The number of hydrogen-bond acceptors (Lipinski definition) is 7. The van der Waals surface area contributed by atoms with Gasteiger partial charge in [0.1, 0.15) is 0 Å². The summed E-state index contributed by atoms with van der Waals surface area (Å²) in [4.78, 5) is 0. The first-order valence-electron chi connectivity index (χ1n) is 26.3. The van der Waals surface area contributed by atoms with Gasteiger partial charge in [-0.2, -0.15) is 0 Å². The van der Waals surface area contributed by atoms with Gasteiger partial charge in [0, 0.05) is 44.2 Å². The third-order valence-corrected chi connectivity index (χ3v) is 11.7. The van der Waals surface area contributed by atoms with Crippen LogP contribution in [0.15, 0.2) is 0 Å². The molecule has 0 unspecified atom stereocenters. The van der Waals surface area contributed by atoms with Crippen LogP contribution in [0.3, 0.4) is 0 Å². The van der Waals surface area contributed by atoms with Crippen molar-refractivity contribution in [1.82, 2.24) is 0 Å². The van der Waals surface area contributed by atoms with Gasteiger partial charge in [-0.25, -0.2) is 0 Å². The largest absolute Gasteiger partial charge is 0.396 e. The van der Waals surface area contributed by atoms with E-state index in [1.54, 1.807) is 0 Å². The van der Waals surface area contributed by atoms with Crippen LogP contribution in [-0.2, 0) is 28.4 Å². The summed E-state index contributed by atoms with van der Waals surface area (Å²) >= 11 is 0. The highest BCUT2D eigenvalue weighted by Crippen LogP contribution is 2.14. The first kappa shape index (κ1) is 58.7. The molecule has 0 fully saturated rings. The molecule has 7 nitrogen and oxygen atoms in total. The second kappa shape index (κ2) is 52.1. The quantitative estimate of drug-likeness (QED) is 0.0611. The van der Waals surface area contributed by atoms with E-state index in [0.29, 0.717) is 52.9 Å². The van der Waals surface area contributed by atoms with Crippen molar-refractivity contribution in [3.8, 4) is 0 Å². The van der Waals surface area contributed by atoms with Crippen molar-refractivity contribution in [3.63, 3.8) is 0 Å². The molecule has 7 heteroatoms. The molecule has 0 aliphatic heterocycles. The van der Waals surface area contributed by atoms with Crippen LogP contribution in [0.2, 0.25) is 0 Å². The Morgan fingerprint density at radius 1 is 0.237 bits per heavy atom. The van der Waals surface area contributed by atoms with Crippen LogP contribution in [-0.4, -0.2) is 91.0 Å². The second-order valence-electron chi connectivity index (χ2n) is 18.1. The summed E-state index contributed by atoms with van der Waals surface area (Å²) in [6, 6.07) is 0. The normalized spacial score (nSPS) is 12.0. The van der Waals surface area contributed by atoms with E-state index in [4.69, 9.17) is 28.4 Å². The highest BCUT2D eigenvalue weighted by molar-refractivity contribution is 4.63. The molecule has 0 aromatic rings. The van der Waals surface area contributed by atoms with E-state index in [0.717, 1.165) is 52.1 Å². The van der Waals surface area contributed by atoms with Crippen molar-refractivity contribution in [3.05, 3.63) is 0 Å². The molecule has 0 heterocycles. The molecule has 59 heavy (non-hydrogen) atoms. The molecule has 0 rings (SSSR count). The van der Waals surface area contributed by atoms with E-state index >= 15 is 0 Å². The molecule has 1 N–H and O–H groups in total. The first-order valence-corrected chi connectivity index (χ1v) is 26.3. The van der Waals surface area contributed by atoms with E-state index in [1.807, 2.05) is 0 Å². The lowest BCUT2D eigenvalue weighted by atomic mass is 10.1. The fourth-order valence-electron chi connectivity index (χ4n) is 7.60. The van der Waals surface area contributed by atoms with E-state index in [2.05, 4.69) is 27.7 Å². The highest BCUT2D eigenvalue weighted by atomic mass is 16.5. The Bertz CT molecular complexity index is 634. The Balaban J connectivity index is 4.67. The topological polar surface area (TPSA) is 75.6 Å². The SMILES string of the molecule is CCCCCCCCCCOCC(COCCCCCCCCCC)COCC(CO)COCC(COCCCCCCCCCC)COCCCCCCCCCC. The van der Waals surface area contributed by atoms with Gasteiger partial charge < -0.3 is 33.5 Å². The predicted octanol–water partition coefficient (Wildman–Crippen LogP) is 14.5. The van der Waals surface area contributed by atoms with Crippen molar-refractivity contribution < 1.29 is 33.5 Å². The maximum atomic E-state index is 10.2. The summed E-state index contributed by atoms with van der Waals surface area (Å²) < 4.78 is 37.1. The molecule has 0 aliphatic carbocycles. The Morgan fingerprint density at radius 2 is 0.424 bits per heavy atom. The summed E-state index contributed by atoms with van der Waals surface area (Å²) in [6.45, 7) is 17.1. The van der Waals surface area contributed by atoms with Crippen molar-refractivity contribution in [2.24, 2.45) is 17.8 Å². The molecule has 0 bridgehead atoms. The molecule has 0 aliphatic rings. The molecule has 0 aromatic carbocycles. The maximum absolute atomic E-state index is 10.2. The minimum atomic E-state index is -0.0655. The van der Waals surface area contributed by atoms with Crippen LogP contribution < -0.4 is 0 Å². The zero-order chi connectivity index (χ0) is 42.8.